The Bertz CT molecular complexity index is 1430. The highest BCUT2D eigenvalue weighted by molar-refractivity contribution is 6.31. The molecule has 0 radical (unpaired) electrons. The lowest BCUT2D eigenvalue weighted by atomic mass is 9.98. The molecule has 2 heterocycles. The zero-order valence-corrected chi connectivity index (χ0v) is 16.9. The summed E-state index contributed by atoms with van der Waals surface area (Å²) in [7, 11) is 0. The third kappa shape index (κ3) is 3.17. The smallest absolute Gasteiger partial charge is 0.416 e. The number of benzene rings is 3. The van der Waals surface area contributed by atoms with E-state index in [0.717, 1.165) is 12.1 Å². The molecule has 1 unspecified atom stereocenters. The maximum atomic E-state index is 13.4. The van der Waals surface area contributed by atoms with Crippen molar-refractivity contribution in [1.82, 2.24) is 0 Å². The molecule has 160 valence electrons. The van der Waals surface area contributed by atoms with E-state index < -0.39 is 29.1 Å². The number of amides is 1. The number of hydrogen-bond donors (Lipinski definition) is 0. The molecule has 1 aliphatic rings. The van der Waals surface area contributed by atoms with Crippen LogP contribution in [0, 0.1) is 0 Å². The lowest BCUT2D eigenvalue weighted by Crippen LogP contribution is -2.29. The first kappa shape index (κ1) is 20.3. The maximum absolute atomic E-state index is 13.4. The Hall–Kier alpha value is -3.58. The summed E-state index contributed by atoms with van der Waals surface area (Å²) in [5.74, 6) is -0.891. The van der Waals surface area contributed by atoms with Crippen LogP contribution in [0.2, 0.25) is 5.02 Å². The summed E-state index contributed by atoms with van der Waals surface area (Å²) in [5.41, 5.74) is -0.558. The topological polar surface area (TPSA) is 50.5 Å². The van der Waals surface area contributed by atoms with E-state index >= 15 is 0 Å². The predicted molar refractivity (Wildman–Crippen MR) is 114 cm³/mol. The fourth-order valence-electron chi connectivity index (χ4n) is 3.99. The predicted octanol–water partition coefficient (Wildman–Crippen LogP) is 6.22. The van der Waals surface area contributed by atoms with Crippen LogP contribution in [0.4, 0.5) is 18.9 Å². The van der Waals surface area contributed by atoms with Crippen LogP contribution in [0.1, 0.15) is 33.3 Å². The first-order valence-electron chi connectivity index (χ1n) is 9.58. The van der Waals surface area contributed by atoms with E-state index in [2.05, 4.69) is 0 Å². The van der Waals surface area contributed by atoms with Crippen LogP contribution in [0.3, 0.4) is 0 Å². The minimum atomic E-state index is -4.59. The Morgan fingerprint density at radius 3 is 2.38 bits per heavy atom. The molecule has 0 fully saturated rings. The Kier molecular flexibility index (Phi) is 4.60. The summed E-state index contributed by atoms with van der Waals surface area (Å²) in [6, 6.07) is 16.6. The van der Waals surface area contributed by atoms with E-state index in [1.54, 1.807) is 30.3 Å². The quantitative estimate of drug-likeness (QED) is 0.361. The van der Waals surface area contributed by atoms with Gasteiger partial charge in [-0.3, -0.25) is 14.5 Å². The molecule has 1 atom stereocenters. The van der Waals surface area contributed by atoms with Crippen LogP contribution >= 0.6 is 11.6 Å². The summed E-state index contributed by atoms with van der Waals surface area (Å²) in [6.07, 6.45) is -4.59. The second kappa shape index (κ2) is 7.24. The molecule has 0 aliphatic carbocycles. The molecule has 0 N–H and O–H groups in total. The minimum Gasteiger partial charge on any atom is -0.450 e. The van der Waals surface area contributed by atoms with E-state index in [1.807, 2.05) is 0 Å². The molecule has 1 aliphatic heterocycles. The molecule has 0 saturated heterocycles. The standard InChI is InChI=1S/C24H13ClF3NO3/c25-15-9-10-18-17(12-15)21(30)19-20(13-5-2-1-3-6-13)29(23(31)22(19)32-18)16-8-4-7-14(11-16)24(26,27)28/h1-12,20H. The molecule has 0 spiro atoms. The number of rotatable bonds is 2. The van der Waals surface area contributed by atoms with Crippen molar-refractivity contribution >= 4 is 34.2 Å². The summed E-state index contributed by atoms with van der Waals surface area (Å²) >= 11 is 6.04. The van der Waals surface area contributed by atoms with Gasteiger partial charge in [0.25, 0.3) is 5.91 Å². The normalized spacial score (nSPS) is 15.9. The average Bonchev–Trinajstić information content (AvgIpc) is 3.07. The Labute approximate surface area is 184 Å². The highest BCUT2D eigenvalue weighted by Crippen LogP contribution is 2.42. The highest BCUT2D eigenvalue weighted by Gasteiger charge is 2.44. The number of halogens is 4. The van der Waals surface area contributed by atoms with E-state index in [1.165, 1.54) is 35.2 Å². The van der Waals surface area contributed by atoms with Gasteiger partial charge < -0.3 is 4.42 Å². The van der Waals surface area contributed by atoms with Crippen LogP contribution in [-0.2, 0) is 6.18 Å². The zero-order chi connectivity index (χ0) is 22.6. The lowest BCUT2D eigenvalue weighted by Gasteiger charge is -2.26. The molecule has 32 heavy (non-hydrogen) atoms. The molecule has 1 amide bonds. The fourth-order valence-corrected chi connectivity index (χ4v) is 4.17. The van der Waals surface area contributed by atoms with Gasteiger partial charge in [0.1, 0.15) is 5.58 Å². The van der Waals surface area contributed by atoms with E-state index in [0.29, 0.717) is 10.6 Å². The van der Waals surface area contributed by atoms with Crippen LogP contribution in [0.5, 0.6) is 0 Å². The van der Waals surface area contributed by atoms with Crippen molar-refractivity contribution < 1.29 is 22.4 Å². The largest absolute Gasteiger partial charge is 0.450 e. The number of nitrogens with zero attached hydrogens (tertiary/aromatic N) is 1. The van der Waals surface area contributed by atoms with Gasteiger partial charge in [-0.05, 0) is 42.0 Å². The molecule has 4 nitrogen and oxygen atoms in total. The van der Waals surface area contributed by atoms with Gasteiger partial charge in [0.2, 0.25) is 5.76 Å². The fraction of sp³-hybridized carbons (Fsp3) is 0.0833. The molecule has 8 heteroatoms. The summed E-state index contributed by atoms with van der Waals surface area (Å²) in [5, 5.41) is 0.510. The molecular formula is C24H13ClF3NO3. The van der Waals surface area contributed by atoms with Gasteiger partial charge >= 0.3 is 6.18 Å². The van der Waals surface area contributed by atoms with Gasteiger partial charge in [-0.25, -0.2) is 0 Å². The van der Waals surface area contributed by atoms with Crippen LogP contribution < -0.4 is 10.3 Å². The van der Waals surface area contributed by atoms with Crippen molar-refractivity contribution in [3.05, 3.63) is 110 Å². The zero-order valence-electron chi connectivity index (χ0n) is 16.2. The number of hydrogen-bond acceptors (Lipinski definition) is 3. The van der Waals surface area contributed by atoms with Gasteiger partial charge in [0, 0.05) is 10.7 Å². The molecule has 5 rings (SSSR count). The highest BCUT2D eigenvalue weighted by atomic mass is 35.5. The van der Waals surface area contributed by atoms with Crippen LogP contribution in [-0.4, -0.2) is 5.91 Å². The summed E-state index contributed by atoms with van der Waals surface area (Å²) < 4.78 is 45.8. The van der Waals surface area contributed by atoms with Crippen molar-refractivity contribution in [2.45, 2.75) is 12.2 Å². The lowest BCUT2D eigenvalue weighted by molar-refractivity contribution is -0.137. The third-order valence-corrected chi connectivity index (χ3v) is 5.63. The Morgan fingerprint density at radius 2 is 1.66 bits per heavy atom. The molecule has 0 saturated carbocycles. The van der Waals surface area contributed by atoms with Crippen molar-refractivity contribution in [3.63, 3.8) is 0 Å². The number of carbonyl (C=O) groups excluding carboxylic acids is 1. The minimum absolute atomic E-state index is 0.00608. The van der Waals surface area contributed by atoms with Crippen LogP contribution in [0.15, 0.2) is 82.0 Å². The molecular weight excluding hydrogens is 443 g/mol. The van der Waals surface area contributed by atoms with E-state index in [-0.39, 0.29) is 28.0 Å². The monoisotopic (exact) mass is 455 g/mol. The van der Waals surface area contributed by atoms with Crippen LogP contribution in [0.25, 0.3) is 11.0 Å². The molecule has 4 aromatic rings. The number of fused-ring (bicyclic) bond motifs is 2. The first-order chi connectivity index (χ1) is 15.3. The van der Waals surface area contributed by atoms with E-state index in [9.17, 15) is 22.8 Å². The maximum Gasteiger partial charge on any atom is 0.416 e. The molecule has 0 bridgehead atoms. The van der Waals surface area contributed by atoms with Crippen molar-refractivity contribution in [2.24, 2.45) is 0 Å². The molecule has 3 aromatic carbocycles. The van der Waals surface area contributed by atoms with Gasteiger partial charge in [0.15, 0.2) is 5.43 Å². The van der Waals surface area contributed by atoms with E-state index in [4.69, 9.17) is 16.0 Å². The summed E-state index contributed by atoms with van der Waals surface area (Å²) in [4.78, 5) is 28.0. The van der Waals surface area contributed by atoms with Crippen molar-refractivity contribution in [3.8, 4) is 0 Å². The van der Waals surface area contributed by atoms with Gasteiger partial charge in [-0.1, -0.05) is 48.0 Å². The summed E-state index contributed by atoms with van der Waals surface area (Å²) in [6.45, 7) is 0. The SMILES string of the molecule is O=C1c2oc3ccc(Cl)cc3c(=O)c2C(c2ccccc2)N1c1cccc(C(F)(F)F)c1. The average molecular weight is 456 g/mol. The molecule has 1 aromatic heterocycles. The van der Waals surface area contributed by atoms with Crippen molar-refractivity contribution in [2.75, 3.05) is 4.90 Å². The Balaban J connectivity index is 1.80. The number of carbonyl (C=O) groups is 1. The van der Waals surface area contributed by atoms with Gasteiger partial charge in [-0.15, -0.1) is 0 Å². The third-order valence-electron chi connectivity index (χ3n) is 5.40. The van der Waals surface area contributed by atoms with Gasteiger partial charge in [-0.2, -0.15) is 13.2 Å². The van der Waals surface area contributed by atoms with Crippen molar-refractivity contribution in [1.29, 1.82) is 0 Å². The van der Waals surface area contributed by atoms with Gasteiger partial charge in [0.05, 0.1) is 22.6 Å². The second-order valence-corrected chi connectivity index (χ2v) is 7.79. The first-order valence-corrected chi connectivity index (χ1v) is 9.95. The Morgan fingerprint density at radius 1 is 0.906 bits per heavy atom. The number of alkyl halides is 3. The second-order valence-electron chi connectivity index (χ2n) is 7.35. The number of anilines is 1.